The van der Waals surface area contributed by atoms with Gasteiger partial charge in [0, 0.05) is 19.4 Å². The standard InChI is InChI=1S/C87H166NO8P/c1-3-5-7-9-11-13-15-17-19-21-23-25-27-29-31-33-35-37-39-40-41-42-43-44-46-48-50-52-54-56-58-60-62-64-66-68-70-72-74-76-78-80-87(90)96-85(84-95-97(91,92)94-82-81-88)83-93-86(89)79-77-75-73-71-69-67-65-63-61-59-57-55-53-51-49-47-45-38-36-34-32-30-28-26-24-22-20-18-16-14-12-10-8-6-4-2/h15-18,21-24,85H,3-14,19-20,25-84,88H2,1-2H3,(H,91,92)/b17-15-,18-16-,23-21-,24-22-. The van der Waals surface area contributed by atoms with Crippen LogP contribution in [0.1, 0.15) is 463 Å². The predicted molar refractivity (Wildman–Crippen MR) is 423 cm³/mol. The van der Waals surface area contributed by atoms with E-state index < -0.39 is 26.5 Å². The third-order valence-electron chi connectivity index (χ3n) is 19.7. The van der Waals surface area contributed by atoms with Crippen LogP contribution in [-0.2, 0) is 32.7 Å². The average Bonchev–Trinajstić information content (AvgIpc) is 2.57. The lowest BCUT2D eigenvalue weighted by molar-refractivity contribution is -0.161. The van der Waals surface area contributed by atoms with Crippen LogP contribution >= 0.6 is 7.82 Å². The maximum Gasteiger partial charge on any atom is 0.472 e. The van der Waals surface area contributed by atoms with Crippen molar-refractivity contribution >= 4 is 19.8 Å². The topological polar surface area (TPSA) is 134 Å². The van der Waals surface area contributed by atoms with Crippen molar-refractivity contribution in [1.82, 2.24) is 0 Å². The van der Waals surface area contributed by atoms with Gasteiger partial charge in [-0.2, -0.15) is 0 Å². The van der Waals surface area contributed by atoms with Gasteiger partial charge in [0.25, 0.3) is 0 Å². The molecule has 0 fully saturated rings. The number of hydrogen-bond donors (Lipinski definition) is 2. The Balaban J connectivity index is 3.71. The number of nitrogens with two attached hydrogens (primary N) is 1. The highest BCUT2D eigenvalue weighted by molar-refractivity contribution is 7.47. The van der Waals surface area contributed by atoms with Gasteiger partial charge in [0.1, 0.15) is 6.61 Å². The Bertz CT molecular complexity index is 1730. The third-order valence-corrected chi connectivity index (χ3v) is 20.7. The summed E-state index contributed by atoms with van der Waals surface area (Å²) in [4.78, 5) is 35.5. The maximum atomic E-state index is 12.8. The minimum Gasteiger partial charge on any atom is -0.462 e. The molecule has 0 aromatic rings. The van der Waals surface area contributed by atoms with E-state index in [2.05, 4.69) is 62.5 Å². The van der Waals surface area contributed by atoms with Crippen molar-refractivity contribution in [2.75, 3.05) is 26.4 Å². The molecule has 0 aliphatic heterocycles. The zero-order chi connectivity index (χ0) is 70.0. The quantitative estimate of drug-likeness (QED) is 0.0264. The summed E-state index contributed by atoms with van der Waals surface area (Å²) in [7, 11) is -4.40. The van der Waals surface area contributed by atoms with E-state index in [9.17, 15) is 19.0 Å². The number of unbranched alkanes of at least 4 members (excludes halogenated alkanes) is 62. The molecule has 0 rings (SSSR count). The summed E-state index contributed by atoms with van der Waals surface area (Å²) >= 11 is 0. The minimum absolute atomic E-state index is 0.0566. The first-order valence-electron chi connectivity index (χ1n) is 43.1. The Morgan fingerprint density at radius 3 is 0.784 bits per heavy atom. The monoisotopic (exact) mass is 1380 g/mol. The highest BCUT2D eigenvalue weighted by Crippen LogP contribution is 2.43. The van der Waals surface area contributed by atoms with Crippen molar-refractivity contribution in [3.05, 3.63) is 48.6 Å². The Kier molecular flexibility index (Phi) is 81.2. The molecular weight excluding hydrogens is 1220 g/mol. The smallest absolute Gasteiger partial charge is 0.462 e. The van der Waals surface area contributed by atoms with Gasteiger partial charge in [-0.15, -0.1) is 0 Å². The van der Waals surface area contributed by atoms with Gasteiger partial charge in [-0.05, 0) is 77.0 Å². The van der Waals surface area contributed by atoms with E-state index in [1.807, 2.05) is 0 Å². The summed E-state index contributed by atoms with van der Waals surface area (Å²) in [5, 5.41) is 0. The van der Waals surface area contributed by atoms with Crippen LogP contribution in [0.2, 0.25) is 0 Å². The zero-order valence-electron chi connectivity index (χ0n) is 64.9. The van der Waals surface area contributed by atoms with Gasteiger partial charge >= 0.3 is 19.8 Å². The van der Waals surface area contributed by atoms with Gasteiger partial charge < -0.3 is 20.1 Å². The maximum absolute atomic E-state index is 12.8. The van der Waals surface area contributed by atoms with Crippen LogP contribution in [0.4, 0.5) is 0 Å². The SMILES string of the molecule is CCCCCCC/C=C\C/C=C\CCCCCCCCCCCCCCCCCCCCCCCCCCCCCCCC(=O)OC(COC(=O)CCCCCCCCCCCCCCCCCCCCCCCCC/C=C\C/C=C\CCCCCCC)COP(=O)(O)OCCN. The highest BCUT2D eigenvalue weighted by Gasteiger charge is 2.26. The Morgan fingerprint density at radius 1 is 0.309 bits per heavy atom. The predicted octanol–water partition coefficient (Wildman–Crippen LogP) is 29.1. The van der Waals surface area contributed by atoms with E-state index in [4.69, 9.17) is 24.3 Å². The van der Waals surface area contributed by atoms with Crippen molar-refractivity contribution < 1.29 is 37.6 Å². The fourth-order valence-electron chi connectivity index (χ4n) is 13.3. The molecule has 0 bridgehead atoms. The zero-order valence-corrected chi connectivity index (χ0v) is 65.7. The molecule has 0 aliphatic rings. The van der Waals surface area contributed by atoms with Gasteiger partial charge in [0.2, 0.25) is 0 Å². The van der Waals surface area contributed by atoms with Crippen LogP contribution in [-0.4, -0.2) is 49.3 Å². The lowest BCUT2D eigenvalue weighted by atomic mass is 10.0. The van der Waals surface area contributed by atoms with Gasteiger partial charge in [0.15, 0.2) is 6.10 Å². The number of hydrogen-bond acceptors (Lipinski definition) is 8. The fraction of sp³-hybridized carbons (Fsp3) is 0.885. The van der Waals surface area contributed by atoms with Crippen molar-refractivity contribution in [2.45, 2.75) is 469 Å². The molecule has 9 nitrogen and oxygen atoms in total. The summed E-state index contributed by atoms with van der Waals surface area (Å²) in [5.41, 5.74) is 5.42. The summed E-state index contributed by atoms with van der Waals surface area (Å²) < 4.78 is 33.3. The van der Waals surface area contributed by atoms with E-state index >= 15 is 0 Å². The number of carbonyl (C=O) groups is 2. The molecule has 0 spiro atoms. The van der Waals surface area contributed by atoms with E-state index in [0.717, 1.165) is 44.9 Å². The molecule has 0 amide bonds. The summed E-state index contributed by atoms with van der Waals surface area (Å²) in [6.07, 6.45) is 109. The molecule has 97 heavy (non-hydrogen) atoms. The van der Waals surface area contributed by atoms with E-state index in [-0.39, 0.29) is 38.6 Å². The van der Waals surface area contributed by atoms with Crippen LogP contribution in [0, 0.1) is 0 Å². The molecule has 0 saturated heterocycles. The molecule has 0 saturated carbocycles. The number of rotatable bonds is 83. The summed E-state index contributed by atoms with van der Waals surface area (Å²) in [6.45, 7) is 3.81. The van der Waals surface area contributed by atoms with E-state index in [0.29, 0.717) is 6.42 Å². The van der Waals surface area contributed by atoms with Crippen molar-refractivity contribution in [3.63, 3.8) is 0 Å². The number of carbonyl (C=O) groups excluding carboxylic acids is 2. The Hall–Kier alpha value is -2.03. The van der Waals surface area contributed by atoms with Gasteiger partial charge in [0.05, 0.1) is 13.2 Å². The van der Waals surface area contributed by atoms with Gasteiger partial charge in [-0.3, -0.25) is 18.6 Å². The largest absolute Gasteiger partial charge is 0.472 e. The number of phosphoric ester groups is 1. The number of phosphoric acid groups is 1. The van der Waals surface area contributed by atoms with Crippen LogP contribution in [0.3, 0.4) is 0 Å². The molecular formula is C87H166NO8P. The number of allylic oxidation sites excluding steroid dienone is 8. The average molecular weight is 1390 g/mol. The molecule has 0 radical (unpaired) electrons. The Labute approximate surface area is 604 Å². The lowest BCUT2D eigenvalue weighted by Crippen LogP contribution is -2.29. The number of esters is 2. The normalized spacial score (nSPS) is 13.0. The molecule has 2 unspecified atom stereocenters. The first-order valence-corrected chi connectivity index (χ1v) is 44.6. The van der Waals surface area contributed by atoms with E-state index in [1.165, 1.54) is 385 Å². The first kappa shape index (κ1) is 95.0. The van der Waals surface area contributed by atoms with Crippen LogP contribution in [0.5, 0.6) is 0 Å². The lowest BCUT2D eigenvalue weighted by Gasteiger charge is -2.19. The molecule has 2 atom stereocenters. The summed E-state index contributed by atoms with van der Waals surface area (Å²) in [6, 6.07) is 0. The molecule has 3 N–H and O–H groups in total. The molecule has 0 aromatic carbocycles. The minimum atomic E-state index is -4.40. The number of ether oxygens (including phenoxy) is 2. The molecule has 0 aromatic heterocycles. The van der Waals surface area contributed by atoms with Crippen molar-refractivity contribution in [2.24, 2.45) is 5.73 Å². The third kappa shape index (κ3) is 82.8. The van der Waals surface area contributed by atoms with Crippen molar-refractivity contribution in [3.8, 4) is 0 Å². The second kappa shape index (κ2) is 82.9. The molecule has 10 heteroatoms. The van der Waals surface area contributed by atoms with Gasteiger partial charge in [-0.25, -0.2) is 4.57 Å². The van der Waals surface area contributed by atoms with Crippen LogP contribution in [0.25, 0.3) is 0 Å². The fourth-order valence-corrected chi connectivity index (χ4v) is 14.1. The molecule has 0 heterocycles. The molecule has 572 valence electrons. The van der Waals surface area contributed by atoms with Gasteiger partial charge in [-0.1, -0.05) is 422 Å². The molecule has 0 aliphatic carbocycles. The van der Waals surface area contributed by atoms with Crippen LogP contribution in [0.15, 0.2) is 48.6 Å². The second-order valence-electron chi connectivity index (χ2n) is 29.4. The van der Waals surface area contributed by atoms with Crippen LogP contribution < -0.4 is 5.73 Å². The second-order valence-corrected chi connectivity index (χ2v) is 30.9. The first-order chi connectivity index (χ1) is 47.8. The van der Waals surface area contributed by atoms with E-state index in [1.54, 1.807) is 0 Å². The summed E-state index contributed by atoms with van der Waals surface area (Å²) in [5.74, 6) is -0.799. The van der Waals surface area contributed by atoms with Crippen molar-refractivity contribution in [1.29, 1.82) is 0 Å². The highest BCUT2D eigenvalue weighted by atomic mass is 31.2. The Morgan fingerprint density at radius 2 is 0.536 bits per heavy atom.